The van der Waals surface area contributed by atoms with Crippen LogP contribution in [0.2, 0.25) is 0 Å². The zero-order valence-corrected chi connectivity index (χ0v) is 10.9. The topological polar surface area (TPSA) is 33.1 Å². The average molecular weight is 224 g/mol. The molecular weight excluding hydrogens is 200 g/mol. The number of aryl methyl sites for hydroxylation is 1. The predicted molar refractivity (Wildman–Crippen MR) is 67.5 cm³/mol. The maximum absolute atomic E-state index is 4.17. The first-order chi connectivity index (χ1) is 7.58. The number of nitrogens with zero attached hydrogens (tertiary/aromatic N) is 3. The lowest BCUT2D eigenvalue weighted by atomic mass is 10.2. The third-order valence-electron chi connectivity index (χ3n) is 2.59. The SMILES string of the molecule is CC(C)NCCN(C)CCc1cnn(C)c1. The molecule has 0 fully saturated rings. The molecule has 0 radical (unpaired) electrons. The fourth-order valence-corrected chi connectivity index (χ4v) is 1.58. The second-order valence-corrected chi connectivity index (χ2v) is 4.68. The zero-order chi connectivity index (χ0) is 12.0. The molecule has 92 valence electrons. The highest BCUT2D eigenvalue weighted by Gasteiger charge is 2.01. The highest BCUT2D eigenvalue weighted by molar-refractivity contribution is 5.03. The third kappa shape index (κ3) is 5.28. The molecule has 0 saturated carbocycles. The van der Waals surface area contributed by atoms with Gasteiger partial charge in [0.05, 0.1) is 6.20 Å². The molecule has 0 aliphatic rings. The van der Waals surface area contributed by atoms with Crippen molar-refractivity contribution >= 4 is 0 Å². The Bertz CT molecular complexity index is 293. The molecule has 1 heterocycles. The Morgan fingerprint density at radius 2 is 2.19 bits per heavy atom. The molecule has 0 bridgehead atoms. The molecule has 1 N–H and O–H groups in total. The molecular formula is C12H24N4. The molecule has 4 nitrogen and oxygen atoms in total. The number of hydrogen-bond donors (Lipinski definition) is 1. The molecule has 0 spiro atoms. The van der Waals surface area contributed by atoms with Crippen LogP contribution < -0.4 is 5.32 Å². The van der Waals surface area contributed by atoms with Gasteiger partial charge in [-0.25, -0.2) is 0 Å². The minimum absolute atomic E-state index is 0.576. The van der Waals surface area contributed by atoms with Crippen LogP contribution in [0, 0.1) is 0 Å². The van der Waals surface area contributed by atoms with Gasteiger partial charge < -0.3 is 10.2 Å². The normalized spacial score (nSPS) is 11.6. The number of hydrogen-bond acceptors (Lipinski definition) is 3. The standard InChI is InChI=1S/C12H24N4/c1-11(2)13-6-8-15(3)7-5-12-9-14-16(4)10-12/h9-11,13H,5-8H2,1-4H3. The molecule has 0 aromatic carbocycles. The van der Waals surface area contributed by atoms with Crippen LogP contribution in [0.5, 0.6) is 0 Å². The summed E-state index contributed by atoms with van der Waals surface area (Å²) in [5.41, 5.74) is 1.31. The van der Waals surface area contributed by atoms with Gasteiger partial charge in [0.25, 0.3) is 0 Å². The van der Waals surface area contributed by atoms with Crippen LogP contribution >= 0.6 is 0 Å². The minimum Gasteiger partial charge on any atom is -0.313 e. The molecule has 0 aliphatic carbocycles. The maximum Gasteiger partial charge on any atom is 0.0522 e. The largest absolute Gasteiger partial charge is 0.313 e. The number of rotatable bonds is 7. The Morgan fingerprint density at radius 3 is 2.75 bits per heavy atom. The van der Waals surface area contributed by atoms with Crippen molar-refractivity contribution in [2.45, 2.75) is 26.3 Å². The number of aromatic nitrogens is 2. The van der Waals surface area contributed by atoms with E-state index in [0.29, 0.717) is 6.04 Å². The van der Waals surface area contributed by atoms with E-state index in [4.69, 9.17) is 0 Å². The molecule has 1 aromatic rings. The summed E-state index contributed by atoms with van der Waals surface area (Å²) in [6.07, 6.45) is 5.10. The summed E-state index contributed by atoms with van der Waals surface area (Å²) in [6, 6.07) is 0.576. The highest BCUT2D eigenvalue weighted by atomic mass is 15.2. The summed E-state index contributed by atoms with van der Waals surface area (Å²) in [5, 5.41) is 7.59. The van der Waals surface area contributed by atoms with Gasteiger partial charge in [0, 0.05) is 38.9 Å². The van der Waals surface area contributed by atoms with E-state index in [1.54, 1.807) is 0 Å². The molecule has 1 rings (SSSR count). The van der Waals surface area contributed by atoms with Gasteiger partial charge in [-0.05, 0) is 19.0 Å². The second kappa shape index (κ2) is 6.66. The first kappa shape index (κ1) is 13.2. The smallest absolute Gasteiger partial charge is 0.0522 e. The monoisotopic (exact) mass is 224 g/mol. The molecule has 0 atom stereocenters. The zero-order valence-electron chi connectivity index (χ0n) is 10.9. The van der Waals surface area contributed by atoms with Crippen LogP contribution in [-0.4, -0.2) is 47.4 Å². The lowest BCUT2D eigenvalue weighted by Gasteiger charge is -2.17. The van der Waals surface area contributed by atoms with Gasteiger partial charge >= 0.3 is 0 Å². The third-order valence-corrected chi connectivity index (χ3v) is 2.59. The fourth-order valence-electron chi connectivity index (χ4n) is 1.58. The van der Waals surface area contributed by atoms with Crippen molar-refractivity contribution in [3.8, 4) is 0 Å². The summed E-state index contributed by atoms with van der Waals surface area (Å²) >= 11 is 0. The lowest BCUT2D eigenvalue weighted by Crippen LogP contribution is -2.33. The highest BCUT2D eigenvalue weighted by Crippen LogP contribution is 1.98. The predicted octanol–water partition coefficient (Wildman–Crippen LogP) is 0.892. The van der Waals surface area contributed by atoms with E-state index in [1.807, 2.05) is 17.9 Å². The molecule has 0 aliphatic heterocycles. The molecule has 0 amide bonds. The van der Waals surface area contributed by atoms with Crippen LogP contribution in [0.4, 0.5) is 0 Å². The van der Waals surface area contributed by atoms with E-state index >= 15 is 0 Å². The maximum atomic E-state index is 4.17. The van der Waals surface area contributed by atoms with Crippen molar-refractivity contribution in [2.24, 2.45) is 7.05 Å². The Labute approximate surface area is 98.6 Å². The Kier molecular flexibility index (Phi) is 5.49. The van der Waals surface area contributed by atoms with E-state index in [0.717, 1.165) is 26.1 Å². The average Bonchev–Trinajstić information content (AvgIpc) is 2.61. The van der Waals surface area contributed by atoms with Crippen molar-refractivity contribution in [1.29, 1.82) is 0 Å². The number of likely N-dealkylation sites (N-methyl/N-ethyl adjacent to an activating group) is 1. The molecule has 1 aromatic heterocycles. The Hall–Kier alpha value is -0.870. The first-order valence-corrected chi connectivity index (χ1v) is 5.97. The van der Waals surface area contributed by atoms with E-state index in [1.165, 1.54) is 5.56 Å². The van der Waals surface area contributed by atoms with Crippen molar-refractivity contribution in [2.75, 3.05) is 26.7 Å². The lowest BCUT2D eigenvalue weighted by molar-refractivity contribution is 0.331. The van der Waals surface area contributed by atoms with Gasteiger partial charge in [0.1, 0.15) is 0 Å². The summed E-state index contributed by atoms with van der Waals surface area (Å²) < 4.78 is 1.86. The first-order valence-electron chi connectivity index (χ1n) is 5.97. The van der Waals surface area contributed by atoms with Crippen LogP contribution in [0.1, 0.15) is 19.4 Å². The van der Waals surface area contributed by atoms with Gasteiger partial charge in [-0.15, -0.1) is 0 Å². The summed E-state index contributed by atoms with van der Waals surface area (Å²) in [7, 11) is 4.12. The van der Waals surface area contributed by atoms with Crippen LogP contribution in [0.25, 0.3) is 0 Å². The van der Waals surface area contributed by atoms with Crippen molar-refractivity contribution in [3.05, 3.63) is 18.0 Å². The number of nitrogens with one attached hydrogen (secondary N) is 1. The van der Waals surface area contributed by atoms with Gasteiger partial charge in [-0.1, -0.05) is 13.8 Å². The van der Waals surface area contributed by atoms with E-state index in [2.05, 4.69) is 42.4 Å². The van der Waals surface area contributed by atoms with Crippen molar-refractivity contribution < 1.29 is 0 Å². The van der Waals surface area contributed by atoms with Crippen molar-refractivity contribution in [3.63, 3.8) is 0 Å². The second-order valence-electron chi connectivity index (χ2n) is 4.68. The van der Waals surface area contributed by atoms with E-state index in [-0.39, 0.29) is 0 Å². The molecule has 0 saturated heterocycles. The van der Waals surface area contributed by atoms with Gasteiger partial charge in [0.2, 0.25) is 0 Å². The van der Waals surface area contributed by atoms with E-state index < -0.39 is 0 Å². The molecule has 4 heteroatoms. The molecule has 0 unspecified atom stereocenters. The fraction of sp³-hybridized carbons (Fsp3) is 0.750. The summed E-state index contributed by atoms with van der Waals surface area (Å²) in [6.45, 7) is 7.59. The van der Waals surface area contributed by atoms with Crippen LogP contribution in [-0.2, 0) is 13.5 Å². The van der Waals surface area contributed by atoms with Gasteiger partial charge in [-0.2, -0.15) is 5.10 Å². The Balaban J connectivity index is 2.12. The van der Waals surface area contributed by atoms with E-state index in [9.17, 15) is 0 Å². The molecule has 16 heavy (non-hydrogen) atoms. The minimum atomic E-state index is 0.576. The quantitative estimate of drug-likeness (QED) is 0.747. The van der Waals surface area contributed by atoms with Crippen LogP contribution in [0.15, 0.2) is 12.4 Å². The van der Waals surface area contributed by atoms with Gasteiger partial charge in [0.15, 0.2) is 0 Å². The Morgan fingerprint density at radius 1 is 1.44 bits per heavy atom. The van der Waals surface area contributed by atoms with Gasteiger partial charge in [-0.3, -0.25) is 4.68 Å². The van der Waals surface area contributed by atoms with Crippen LogP contribution in [0.3, 0.4) is 0 Å². The summed E-state index contributed by atoms with van der Waals surface area (Å²) in [4.78, 5) is 2.35. The van der Waals surface area contributed by atoms with Crippen molar-refractivity contribution in [1.82, 2.24) is 20.0 Å². The summed E-state index contributed by atoms with van der Waals surface area (Å²) in [5.74, 6) is 0.